The van der Waals surface area contributed by atoms with Gasteiger partial charge in [0.15, 0.2) is 0 Å². The molecule has 0 spiro atoms. The first-order valence-electron chi connectivity index (χ1n) is 6.34. The summed E-state index contributed by atoms with van der Waals surface area (Å²) in [7, 11) is 1.82. The number of rotatable bonds is 6. The molecule has 1 saturated carbocycles. The van der Waals surface area contributed by atoms with E-state index in [-0.39, 0.29) is 11.6 Å². The van der Waals surface area contributed by atoms with Crippen molar-refractivity contribution in [3.8, 4) is 0 Å². The zero-order chi connectivity index (χ0) is 12.1. The standard InChI is InChI=1S/C13H22N2OS/c1-16-13(8-2-3-9-13)12(15-14)7-6-11-5-4-10-17-11/h4-5,10,12,15H,2-3,6-9,14H2,1H3. The van der Waals surface area contributed by atoms with Crippen molar-refractivity contribution in [3.63, 3.8) is 0 Å². The Morgan fingerprint density at radius 2 is 2.29 bits per heavy atom. The van der Waals surface area contributed by atoms with Crippen molar-refractivity contribution in [2.45, 2.75) is 50.2 Å². The Morgan fingerprint density at radius 3 is 2.82 bits per heavy atom. The minimum atomic E-state index is -0.0357. The Labute approximate surface area is 107 Å². The topological polar surface area (TPSA) is 47.3 Å². The molecule has 0 saturated heterocycles. The maximum absolute atomic E-state index is 5.78. The van der Waals surface area contributed by atoms with Gasteiger partial charge in [-0.1, -0.05) is 18.9 Å². The molecule has 2 rings (SSSR count). The van der Waals surface area contributed by atoms with Gasteiger partial charge in [-0.3, -0.25) is 11.3 Å². The second-order valence-electron chi connectivity index (χ2n) is 4.81. The summed E-state index contributed by atoms with van der Waals surface area (Å²) in [4.78, 5) is 1.43. The van der Waals surface area contributed by atoms with Crippen LogP contribution in [0.4, 0.5) is 0 Å². The SMILES string of the molecule is COC1(C(CCc2cccs2)NN)CCCC1. The van der Waals surface area contributed by atoms with Crippen LogP contribution in [0.1, 0.15) is 37.0 Å². The summed E-state index contributed by atoms with van der Waals surface area (Å²) in [5.74, 6) is 5.73. The molecular weight excluding hydrogens is 232 g/mol. The zero-order valence-electron chi connectivity index (χ0n) is 10.4. The summed E-state index contributed by atoms with van der Waals surface area (Å²) in [6.07, 6.45) is 6.89. The zero-order valence-corrected chi connectivity index (χ0v) is 11.3. The molecule has 0 radical (unpaired) electrons. The molecule has 0 aliphatic heterocycles. The van der Waals surface area contributed by atoms with E-state index in [0.29, 0.717) is 0 Å². The number of nitrogens with two attached hydrogens (primary N) is 1. The lowest BCUT2D eigenvalue weighted by molar-refractivity contribution is -0.0377. The molecule has 1 heterocycles. The highest BCUT2D eigenvalue weighted by Gasteiger charge is 2.40. The van der Waals surface area contributed by atoms with Crippen LogP contribution in [-0.4, -0.2) is 18.8 Å². The lowest BCUT2D eigenvalue weighted by atomic mass is 9.89. The molecule has 1 fully saturated rings. The number of ether oxygens (including phenoxy) is 1. The van der Waals surface area contributed by atoms with E-state index >= 15 is 0 Å². The predicted octanol–water partition coefficient (Wildman–Crippen LogP) is 2.47. The highest BCUT2D eigenvalue weighted by Crippen LogP contribution is 2.37. The van der Waals surface area contributed by atoms with E-state index in [1.165, 1.54) is 17.7 Å². The summed E-state index contributed by atoms with van der Waals surface area (Å²) in [5, 5.41) is 2.13. The lowest BCUT2D eigenvalue weighted by Gasteiger charge is -2.36. The predicted molar refractivity (Wildman–Crippen MR) is 72.0 cm³/mol. The molecule has 0 bridgehead atoms. The number of hydrazine groups is 1. The minimum Gasteiger partial charge on any atom is -0.377 e. The van der Waals surface area contributed by atoms with E-state index in [1.54, 1.807) is 0 Å². The van der Waals surface area contributed by atoms with Gasteiger partial charge < -0.3 is 4.74 Å². The van der Waals surface area contributed by atoms with Crippen LogP contribution in [0.25, 0.3) is 0 Å². The first kappa shape index (κ1) is 13.0. The Hall–Kier alpha value is -0.420. The smallest absolute Gasteiger partial charge is 0.0844 e. The van der Waals surface area contributed by atoms with Crippen LogP contribution in [-0.2, 0) is 11.2 Å². The molecule has 1 aliphatic carbocycles. The van der Waals surface area contributed by atoms with E-state index in [9.17, 15) is 0 Å². The fraction of sp³-hybridized carbons (Fsp3) is 0.692. The Morgan fingerprint density at radius 1 is 1.53 bits per heavy atom. The summed E-state index contributed by atoms with van der Waals surface area (Å²) >= 11 is 1.82. The molecule has 1 atom stereocenters. The van der Waals surface area contributed by atoms with Gasteiger partial charge in [0, 0.05) is 12.0 Å². The molecule has 17 heavy (non-hydrogen) atoms. The van der Waals surface area contributed by atoms with Crippen molar-refractivity contribution in [2.24, 2.45) is 5.84 Å². The number of thiophene rings is 1. The quantitative estimate of drug-likeness (QED) is 0.605. The van der Waals surface area contributed by atoms with E-state index in [2.05, 4.69) is 22.9 Å². The van der Waals surface area contributed by atoms with Crippen molar-refractivity contribution in [1.82, 2.24) is 5.43 Å². The van der Waals surface area contributed by atoms with Gasteiger partial charge in [0.25, 0.3) is 0 Å². The second kappa shape index (κ2) is 5.96. The van der Waals surface area contributed by atoms with Crippen molar-refractivity contribution in [2.75, 3.05) is 7.11 Å². The number of hydrogen-bond acceptors (Lipinski definition) is 4. The van der Waals surface area contributed by atoms with Crippen molar-refractivity contribution in [1.29, 1.82) is 0 Å². The van der Waals surface area contributed by atoms with Crippen LogP contribution in [0.3, 0.4) is 0 Å². The van der Waals surface area contributed by atoms with Crippen LogP contribution in [0.2, 0.25) is 0 Å². The molecule has 1 aliphatic rings. The molecule has 1 aromatic heterocycles. The van der Waals surface area contributed by atoms with Crippen molar-refractivity contribution < 1.29 is 4.74 Å². The van der Waals surface area contributed by atoms with Crippen LogP contribution in [0.5, 0.6) is 0 Å². The maximum atomic E-state index is 5.78. The van der Waals surface area contributed by atoms with Gasteiger partial charge in [-0.2, -0.15) is 0 Å². The summed E-state index contributed by atoms with van der Waals surface area (Å²) in [6.45, 7) is 0. The van der Waals surface area contributed by atoms with Crippen molar-refractivity contribution in [3.05, 3.63) is 22.4 Å². The molecule has 96 valence electrons. The second-order valence-corrected chi connectivity index (χ2v) is 5.85. The number of hydrogen-bond donors (Lipinski definition) is 2. The number of nitrogens with one attached hydrogen (secondary N) is 1. The largest absolute Gasteiger partial charge is 0.377 e. The van der Waals surface area contributed by atoms with Gasteiger partial charge in [0.05, 0.1) is 11.6 Å². The van der Waals surface area contributed by atoms with E-state index in [0.717, 1.165) is 25.7 Å². The Kier molecular flexibility index (Phi) is 4.56. The van der Waals surface area contributed by atoms with Gasteiger partial charge in [0.1, 0.15) is 0 Å². The van der Waals surface area contributed by atoms with E-state index in [4.69, 9.17) is 10.6 Å². The van der Waals surface area contributed by atoms with Gasteiger partial charge >= 0.3 is 0 Å². The molecule has 1 unspecified atom stereocenters. The van der Waals surface area contributed by atoms with E-state index in [1.807, 2.05) is 18.4 Å². The van der Waals surface area contributed by atoms with Crippen LogP contribution in [0.15, 0.2) is 17.5 Å². The van der Waals surface area contributed by atoms with Gasteiger partial charge in [0.2, 0.25) is 0 Å². The lowest BCUT2D eigenvalue weighted by Crippen LogP contribution is -2.53. The first-order chi connectivity index (χ1) is 8.30. The molecule has 1 aromatic rings. The van der Waals surface area contributed by atoms with E-state index < -0.39 is 0 Å². The fourth-order valence-corrected chi connectivity index (χ4v) is 3.63. The molecule has 3 N–H and O–H groups in total. The average molecular weight is 254 g/mol. The maximum Gasteiger partial charge on any atom is 0.0844 e. The summed E-state index contributed by atoms with van der Waals surface area (Å²) < 4.78 is 5.78. The minimum absolute atomic E-state index is 0.0357. The molecule has 0 aromatic carbocycles. The Bertz CT molecular complexity index is 320. The molecular formula is C13H22N2OS. The molecule has 3 nitrogen and oxygen atoms in total. The summed E-state index contributed by atoms with van der Waals surface area (Å²) in [6, 6.07) is 4.55. The Balaban J connectivity index is 1.95. The molecule has 0 amide bonds. The third-order valence-electron chi connectivity index (χ3n) is 3.95. The number of methoxy groups -OCH3 is 1. The first-order valence-corrected chi connectivity index (χ1v) is 7.22. The normalized spacial score (nSPS) is 20.6. The van der Waals surface area contributed by atoms with Gasteiger partial charge in [-0.05, 0) is 37.1 Å². The highest BCUT2D eigenvalue weighted by atomic mass is 32.1. The van der Waals surface area contributed by atoms with Crippen LogP contribution in [0, 0.1) is 0 Å². The van der Waals surface area contributed by atoms with Crippen molar-refractivity contribution >= 4 is 11.3 Å². The monoisotopic (exact) mass is 254 g/mol. The average Bonchev–Trinajstić information content (AvgIpc) is 3.00. The third kappa shape index (κ3) is 2.88. The van der Waals surface area contributed by atoms with Gasteiger partial charge in [-0.15, -0.1) is 11.3 Å². The summed E-state index contributed by atoms with van der Waals surface area (Å²) in [5.41, 5.74) is 2.94. The fourth-order valence-electron chi connectivity index (χ4n) is 2.91. The highest BCUT2D eigenvalue weighted by molar-refractivity contribution is 7.09. The number of aryl methyl sites for hydroxylation is 1. The third-order valence-corrected chi connectivity index (χ3v) is 4.89. The van der Waals surface area contributed by atoms with Crippen LogP contribution < -0.4 is 11.3 Å². The molecule has 4 heteroatoms. The van der Waals surface area contributed by atoms with Gasteiger partial charge in [-0.25, -0.2) is 0 Å². The van der Waals surface area contributed by atoms with Crippen LogP contribution >= 0.6 is 11.3 Å².